The molecule has 0 saturated heterocycles. The van der Waals surface area contributed by atoms with E-state index in [0.717, 1.165) is 0 Å². The van der Waals surface area contributed by atoms with Gasteiger partial charge in [-0.05, 0) is 56.3 Å². The first kappa shape index (κ1) is 21.9. The van der Waals surface area contributed by atoms with Crippen LogP contribution in [0.1, 0.15) is 12.7 Å². The summed E-state index contributed by atoms with van der Waals surface area (Å²) in [7, 11) is -3.85. The first-order valence-electron chi connectivity index (χ1n) is 8.63. The van der Waals surface area contributed by atoms with E-state index in [9.17, 15) is 13.2 Å². The van der Waals surface area contributed by atoms with Crippen LogP contribution in [0.25, 0.3) is 0 Å². The van der Waals surface area contributed by atoms with Crippen LogP contribution in [0.5, 0.6) is 5.75 Å². The number of benzene rings is 2. The fourth-order valence-electron chi connectivity index (χ4n) is 2.39. The van der Waals surface area contributed by atoms with Crippen LogP contribution in [0.15, 0.2) is 57.9 Å². The zero-order valence-corrected chi connectivity index (χ0v) is 18.2. The predicted molar refractivity (Wildman–Crippen MR) is 114 cm³/mol. The molecule has 0 aliphatic carbocycles. The molecule has 11 heteroatoms. The molecule has 1 atom stereocenters. The first-order valence-corrected chi connectivity index (χ1v) is 10.9. The number of rotatable bonds is 7. The van der Waals surface area contributed by atoms with Gasteiger partial charge in [0.25, 0.3) is 15.9 Å². The van der Waals surface area contributed by atoms with E-state index >= 15 is 0 Å². The number of aromatic nitrogens is 1. The van der Waals surface area contributed by atoms with E-state index in [2.05, 4.69) is 15.2 Å². The Kier molecular flexibility index (Phi) is 6.55. The number of hydrogen-bond acceptors (Lipinski definition) is 6. The van der Waals surface area contributed by atoms with Gasteiger partial charge in [0.05, 0.1) is 9.92 Å². The van der Waals surface area contributed by atoms with Crippen molar-refractivity contribution in [1.29, 1.82) is 0 Å². The third-order valence-corrected chi connectivity index (χ3v) is 5.77. The Balaban J connectivity index is 1.63. The molecule has 2 N–H and O–H groups in total. The lowest BCUT2D eigenvalue weighted by Gasteiger charge is -2.16. The minimum atomic E-state index is -3.85. The molecule has 1 unspecified atom stereocenters. The molecule has 0 fully saturated rings. The second-order valence-electron chi connectivity index (χ2n) is 6.28. The molecule has 8 nitrogen and oxygen atoms in total. The van der Waals surface area contributed by atoms with Crippen molar-refractivity contribution >= 4 is 50.6 Å². The predicted octanol–water partition coefficient (Wildman–Crippen LogP) is 4.50. The van der Waals surface area contributed by atoms with Crippen molar-refractivity contribution in [2.24, 2.45) is 0 Å². The average Bonchev–Trinajstić information content (AvgIpc) is 3.08. The fraction of sp³-hybridized carbons (Fsp3) is 0.158. The molecule has 3 aromatic rings. The average molecular weight is 470 g/mol. The van der Waals surface area contributed by atoms with Crippen LogP contribution >= 0.6 is 23.2 Å². The zero-order chi connectivity index (χ0) is 21.9. The molecule has 0 aliphatic heterocycles. The third-order valence-electron chi connectivity index (χ3n) is 3.87. The highest BCUT2D eigenvalue weighted by Gasteiger charge is 2.19. The number of carbonyl (C=O) groups excluding carboxylic acids is 1. The van der Waals surface area contributed by atoms with Gasteiger partial charge in [-0.2, -0.15) is 0 Å². The Morgan fingerprint density at radius 3 is 2.43 bits per heavy atom. The van der Waals surface area contributed by atoms with Gasteiger partial charge in [-0.3, -0.25) is 9.52 Å². The Bertz CT molecular complexity index is 1160. The summed E-state index contributed by atoms with van der Waals surface area (Å²) in [6.45, 7) is 3.21. The molecular formula is C19H17Cl2N3O5S. The summed E-state index contributed by atoms with van der Waals surface area (Å²) in [6, 6.07) is 11.8. The number of carbonyl (C=O) groups is 1. The molecule has 30 heavy (non-hydrogen) atoms. The third kappa shape index (κ3) is 5.44. The highest BCUT2D eigenvalue weighted by atomic mass is 35.5. The molecule has 0 spiro atoms. The summed E-state index contributed by atoms with van der Waals surface area (Å²) in [5.41, 5.74) is 0.397. The number of halogens is 2. The van der Waals surface area contributed by atoms with Crippen molar-refractivity contribution in [1.82, 2.24) is 5.16 Å². The molecule has 1 aromatic heterocycles. The van der Waals surface area contributed by atoms with Crippen molar-refractivity contribution in [3.8, 4) is 5.75 Å². The van der Waals surface area contributed by atoms with Crippen LogP contribution in [-0.2, 0) is 14.8 Å². The standard InChI is InChI=1S/C19H17Cl2N3O5S/c1-11-9-18(23-29-11)24-30(26,27)15-6-4-14(5-7-15)22-19(25)12(2)28-17-8-3-13(20)10-16(17)21/h3-10,12H,1-2H3,(H,22,25)(H,23,24). The van der Waals surface area contributed by atoms with Crippen LogP contribution in [0.4, 0.5) is 11.5 Å². The first-order chi connectivity index (χ1) is 14.1. The summed E-state index contributed by atoms with van der Waals surface area (Å²) < 4.78 is 37.5. The van der Waals surface area contributed by atoms with E-state index in [1.54, 1.807) is 26.0 Å². The second kappa shape index (κ2) is 8.95. The van der Waals surface area contributed by atoms with Crippen LogP contribution in [-0.4, -0.2) is 25.6 Å². The molecule has 1 heterocycles. The van der Waals surface area contributed by atoms with Gasteiger partial charge in [0.1, 0.15) is 11.5 Å². The monoisotopic (exact) mass is 469 g/mol. The summed E-state index contributed by atoms with van der Waals surface area (Å²) in [4.78, 5) is 12.4. The molecule has 2 aromatic carbocycles. The smallest absolute Gasteiger partial charge is 0.265 e. The largest absolute Gasteiger partial charge is 0.479 e. The lowest BCUT2D eigenvalue weighted by Crippen LogP contribution is -2.30. The topological polar surface area (TPSA) is 111 Å². The van der Waals surface area contributed by atoms with Crippen molar-refractivity contribution in [3.05, 3.63) is 64.3 Å². The van der Waals surface area contributed by atoms with Crippen molar-refractivity contribution in [2.75, 3.05) is 10.0 Å². The fourth-order valence-corrected chi connectivity index (χ4v) is 3.82. The van der Waals surface area contributed by atoms with Crippen LogP contribution in [0.2, 0.25) is 10.0 Å². The molecule has 0 aliphatic rings. The van der Waals surface area contributed by atoms with E-state index in [4.69, 9.17) is 32.5 Å². The van der Waals surface area contributed by atoms with Crippen LogP contribution in [0.3, 0.4) is 0 Å². The van der Waals surface area contributed by atoms with E-state index in [0.29, 0.717) is 22.2 Å². The second-order valence-corrected chi connectivity index (χ2v) is 8.80. The van der Waals surface area contributed by atoms with E-state index < -0.39 is 22.0 Å². The number of aryl methyl sites for hydroxylation is 1. The molecule has 1 amide bonds. The number of sulfonamides is 1. The summed E-state index contributed by atoms with van der Waals surface area (Å²) in [5.74, 6) is 0.436. The number of nitrogens with one attached hydrogen (secondary N) is 2. The van der Waals surface area contributed by atoms with E-state index in [1.165, 1.54) is 36.4 Å². The van der Waals surface area contributed by atoms with Gasteiger partial charge >= 0.3 is 0 Å². The zero-order valence-electron chi connectivity index (χ0n) is 15.8. The summed E-state index contributed by atoms with van der Waals surface area (Å²) in [5, 5.41) is 6.98. The van der Waals surface area contributed by atoms with Gasteiger partial charge in [-0.15, -0.1) is 0 Å². The lowest BCUT2D eigenvalue weighted by atomic mass is 10.3. The van der Waals surface area contributed by atoms with Crippen molar-refractivity contribution < 1.29 is 22.5 Å². The number of amides is 1. The van der Waals surface area contributed by atoms with Gasteiger partial charge in [0.2, 0.25) is 0 Å². The van der Waals surface area contributed by atoms with Gasteiger partial charge in [-0.1, -0.05) is 28.4 Å². The minimum absolute atomic E-state index is 0.00148. The molecule has 158 valence electrons. The molecule has 0 radical (unpaired) electrons. The summed E-state index contributed by atoms with van der Waals surface area (Å²) in [6.07, 6.45) is -0.857. The molecular weight excluding hydrogens is 453 g/mol. The van der Waals surface area contributed by atoms with Gasteiger partial charge in [0.15, 0.2) is 11.9 Å². The number of nitrogens with zero attached hydrogens (tertiary/aromatic N) is 1. The normalized spacial score (nSPS) is 12.3. The lowest BCUT2D eigenvalue weighted by molar-refractivity contribution is -0.122. The molecule has 0 saturated carbocycles. The Hall–Kier alpha value is -2.75. The molecule has 0 bridgehead atoms. The van der Waals surface area contributed by atoms with Crippen LogP contribution in [0, 0.1) is 6.92 Å². The van der Waals surface area contributed by atoms with Crippen LogP contribution < -0.4 is 14.8 Å². The van der Waals surface area contributed by atoms with Gasteiger partial charge in [0, 0.05) is 16.8 Å². The quantitative estimate of drug-likeness (QED) is 0.526. The van der Waals surface area contributed by atoms with E-state index in [-0.39, 0.29) is 15.7 Å². The number of anilines is 2. The highest BCUT2D eigenvalue weighted by molar-refractivity contribution is 7.92. The SMILES string of the molecule is Cc1cc(NS(=O)(=O)c2ccc(NC(=O)C(C)Oc3ccc(Cl)cc3Cl)cc2)no1. The van der Waals surface area contributed by atoms with Crippen molar-refractivity contribution in [2.45, 2.75) is 24.8 Å². The Morgan fingerprint density at radius 1 is 1.13 bits per heavy atom. The van der Waals surface area contributed by atoms with E-state index in [1.807, 2.05) is 0 Å². The Morgan fingerprint density at radius 2 is 1.83 bits per heavy atom. The highest BCUT2D eigenvalue weighted by Crippen LogP contribution is 2.28. The maximum atomic E-state index is 12.4. The number of ether oxygens (including phenoxy) is 1. The van der Waals surface area contributed by atoms with Gasteiger partial charge in [-0.25, -0.2) is 8.42 Å². The number of hydrogen-bond donors (Lipinski definition) is 2. The summed E-state index contributed by atoms with van der Waals surface area (Å²) >= 11 is 11.9. The maximum absolute atomic E-state index is 12.4. The maximum Gasteiger partial charge on any atom is 0.265 e. The van der Waals surface area contributed by atoms with Gasteiger partial charge < -0.3 is 14.6 Å². The Labute approximate surface area is 183 Å². The molecule has 3 rings (SSSR count). The minimum Gasteiger partial charge on any atom is -0.479 e. The van der Waals surface area contributed by atoms with Crippen molar-refractivity contribution in [3.63, 3.8) is 0 Å².